The van der Waals surface area contributed by atoms with E-state index in [9.17, 15) is 4.79 Å². The van der Waals surface area contributed by atoms with Crippen molar-refractivity contribution in [3.05, 3.63) is 0 Å². The standard InChI is InChI=1S/C14H29NO5S/c1-4-11(2)14(17)20-6-5-18-10-19-7-8-21-9-12(3)13(15)16/h11-13,16H,4-10,15H2,1-3H3. The fraction of sp³-hybridized carbons (Fsp3) is 0.929. The number of rotatable bonds is 13. The predicted octanol–water partition coefficient (Wildman–Crippen LogP) is 1.21. The van der Waals surface area contributed by atoms with E-state index in [1.54, 1.807) is 11.8 Å². The highest BCUT2D eigenvalue weighted by Gasteiger charge is 2.11. The zero-order valence-electron chi connectivity index (χ0n) is 13.2. The van der Waals surface area contributed by atoms with E-state index >= 15 is 0 Å². The normalized spacial score (nSPS) is 15.5. The van der Waals surface area contributed by atoms with E-state index in [4.69, 9.17) is 25.1 Å². The fourth-order valence-corrected chi connectivity index (χ4v) is 2.14. The van der Waals surface area contributed by atoms with E-state index in [0.29, 0.717) is 13.2 Å². The third kappa shape index (κ3) is 11.9. The van der Waals surface area contributed by atoms with Gasteiger partial charge in [0.15, 0.2) is 0 Å². The first-order chi connectivity index (χ1) is 9.99. The number of hydrogen-bond donors (Lipinski definition) is 2. The first-order valence-corrected chi connectivity index (χ1v) is 8.48. The average Bonchev–Trinajstić information content (AvgIpc) is 2.47. The summed E-state index contributed by atoms with van der Waals surface area (Å²) in [6.07, 6.45) is 0.0141. The molecule has 0 rings (SSSR count). The molecule has 0 aromatic heterocycles. The van der Waals surface area contributed by atoms with Crippen molar-refractivity contribution in [3.8, 4) is 0 Å². The zero-order valence-corrected chi connectivity index (χ0v) is 14.1. The zero-order chi connectivity index (χ0) is 16.1. The summed E-state index contributed by atoms with van der Waals surface area (Å²) in [7, 11) is 0. The number of hydrogen-bond acceptors (Lipinski definition) is 7. The molecular weight excluding hydrogens is 294 g/mol. The van der Waals surface area contributed by atoms with E-state index in [1.807, 2.05) is 20.8 Å². The van der Waals surface area contributed by atoms with Crippen LogP contribution in [0.2, 0.25) is 0 Å². The lowest BCUT2D eigenvalue weighted by Gasteiger charge is -2.13. The van der Waals surface area contributed by atoms with E-state index in [-0.39, 0.29) is 31.2 Å². The van der Waals surface area contributed by atoms with Gasteiger partial charge in [-0.25, -0.2) is 0 Å². The molecule has 3 atom stereocenters. The van der Waals surface area contributed by atoms with Crippen LogP contribution in [0.4, 0.5) is 0 Å². The first-order valence-electron chi connectivity index (χ1n) is 7.32. The van der Waals surface area contributed by atoms with Crippen molar-refractivity contribution in [2.75, 3.05) is 38.1 Å². The van der Waals surface area contributed by atoms with Crippen LogP contribution in [0.1, 0.15) is 27.2 Å². The summed E-state index contributed by atoms with van der Waals surface area (Å²) in [4.78, 5) is 11.3. The van der Waals surface area contributed by atoms with Gasteiger partial charge in [0.05, 0.1) is 19.1 Å². The summed E-state index contributed by atoms with van der Waals surface area (Å²) < 4.78 is 15.5. The smallest absolute Gasteiger partial charge is 0.308 e. The molecule has 6 nitrogen and oxygen atoms in total. The molecule has 0 aliphatic heterocycles. The van der Waals surface area contributed by atoms with Crippen LogP contribution in [-0.4, -0.2) is 55.4 Å². The van der Waals surface area contributed by atoms with Gasteiger partial charge in [-0.1, -0.05) is 20.8 Å². The molecule has 0 fully saturated rings. The van der Waals surface area contributed by atoms with Crippen LogP contribution in [-0.2, 0) is 19.0 Å². The summed E-state index contributed by atoms with van der Waals surface area (Å²) in [5, 5.41) is 9.11. The van der Waals surface area contributed by atoms with E-state index in [2.05, 4.69) is 0 Å². The number of thioether (sulfide) groups is 1. The Labute approximate surface area is 131 Å². The van der Waals surface area contributed by atoms with Crippen molar-refractivity contribution in [2.24, 2.45) is 17.6 Å². The number of ether oxygens (including phenoxy) is 3. The second-order valence-electron chi connectivity index (χ2n) is 4.95. The Morgan fingerprint density at radius 1 is 1.24 bits per heavy atom. The maximum absolute atomic E-state index is 11.3. The van der Waals surface area contributed by atoms with Crippen LogP contribution >= 0.6 is 11.8 Å². The molecular formula is C14H29NO5S. The number of esters is 1. The molecule has 7 heteroatoms. The molecule has 126 valence electrons. The molecule has 3 unspecified atom stereocenters. The highest BCUT2D eigenvalue weighted by molar-refractivity contribution is 7.99. The summed E-state index contributed by atoms with van der Waals surface area (Å²) in [6, 6.07) is 0. The van der Waals surface area contributed by atoms with Gasteiger partial charge in [-0.15, -0.1) is 0 Å². The molecule has 0 aromatic carbocycles. The third-order valence-electron chi connectivity index (χ3n) is 2.99. The number of carbonyl (C=O) groups excluding carboxylic acids is 1. The summed E-state index contributed by atoms with van der Waals surface area (Å²) in [5.74, 6) is 1.45. The second-order valence-corrected chi connectivity index (χ2v) is 6.10. The number of aliphatic hydroxyl groups excluding tert-OH is 1. The van der Waals surface area contributed by atoms with Crippen molar-refractivity contribution < 1.29 is 24.1 Å². The van der Waals surface area contributed by atoms with Gasteiger partial charge in [-0.2, -0.15) is 11.8 Å². The Morgan fingerprint density at radius 2 is 1.90 bits per heavy atom. The second kappa shape index (κ2) is 13.3. The van der Waals surface area contributed by atoms with Gasteiger partial charge >= 0.3 is 5.97 Å². The molecule has 0 heterocycles. The molecule has 0 spiro atoms. The third-order valence-corrected chi connectivity index (χ3v) is 4.21. The molecule has 0 amide bonds. The predicted molar refractivity (Wildman–Crippen MR) is 83.9 cm³/mol. The van der Waals surface area contributed by atoms with Crippen molar-refractivity contribution in [1.82, 2.24) is 0 Å². The lowest BCUT2D eigenvalue weighted by atomic mass is 10.1. The summed E-state index contributed by atoms with van der Waals surface area (Å²) in [5.41, 5.74) is 5.35. The number of aliphatic hydroxyl groups is 1. The van der Waals surface area contributed by atoms with E-state index < -0.39 is 6.23 Å². The monoisotopic (exact) mass is 323 g/mol. The van der Waals surface area contributed by atoms with Gasteiger partial charge in [0.2, 0.25) is 0 Å². The van der Waals surface area contributed by atoms with Crippen LogP contribution in [0.3, 0.4) is 0 Å². The molecule has 21 heavy (non-hydrogen) atoms. The minimum Gasteiger partial charge on any atom is -0.463 e. The van der Waals surface area contributed by atoms with E-state index in [1.165, 1.54) is 0 Å². The highest BCUT2D eigenvalue weighted by atomic mass is 32.2. The van der Waals surface area contributed by atoms with Gasteiger partial charge in [0.25, 0.3) is 0 Å². The summed E-state index contributed by atoms with van der Waals surface area (Å²) in [6.45, 7) is 7.06. The minimum absolute atomic E-state index is 0.0623. The molecule has 0 bridgehead atoms. The van der Waals surface area contributed by atoms with Crippen molar-refractivity contribution >= 4 is 17.7 Å². The molecule has 0 aliphatic carbocycles. The Hall–Kier alpha value is -0.340. The van der Waals surface area contributed by atoms with Gasteiger partial charge < -0.3 is 25.1 Å². The molecule has 0 saturated heterocycles. The van der Waals surface area contributed by atoms with Crippen molar-refractivity contribution in [2.45, 2.75) is 33.4 Å². The average molecular weight is 323 g/mol. The quantitative estimate of drug-likeness (QED) is 0.299. The highest BCUT2D eigenvalue weighted by Crippen LogP contribution is 2.09. The topological polar surface area (TPSA) is 91.0 Å². The van der Waals surface area contributed by atoms with Crippen molar-refractivity contribution in [3.63, 3.8) is 0 Å². The number of carbonyl (C=O) groups is 1. The molecule has 0 aliphatic rings. The summed E-state index contributed by atoms with van der Waals surface area (Å²) >= 11 is 1.68. The molecule has 0 saturated carbocycles. The molecule has 0 radical (unpaired) electrons. The van der Waals surface area contributed by atoms with Gasteiger partial charge in [0, 0.05) is 11.7 Å². The maximum atomic E-state index is 11.3. The van der Waals surface area contributed by atoms with Crippen LogP contribution < -0.4 is 5.73 Å². The minimum atomic E-state index is -0.764. The fourth-order valence-electron chi connectivity index (χ4n) is 1.17. The van der Waals surface area contributed by atoms with E-state index in [0.717, 1.165) is 17.9 Å². The lowest BCUT2D eigenvalue weighted by molar-refractivity contribution is -0.151. The molecule has 3 N–H and O–H groups in total. The number of nitrogens with two attached hydrogens (primary N) is 1. The Balaban J connectivity index is 3.25. The van der Waals surface area contributed by atoms with Crippen LogP contribution in [0.5, 0.6) is 0 Å². The maximum Gasteiger partial charge on any atom is 0.308 e. The molecule has 0 aromatic rings. The SMILES string of the molecule is CCC(C)C(=O)OCCOCOCCSCC(C)C(N)O. The van der Waals surface area contributed by atoms with Crippen molar-refractivity contribution in [1.29, 1.82) is 0 Å². The largest absolute Gasteiger partial charge is 0.463 e. The Morgan fingerprint density at radius 3 is 2.52 bits per heavy atom. The van der Waals surface area contributed by atoms with Crippen LogP contribution in [0.25, 0.3) is 0 Å². The van der Waals surface area contributed by atoms with Gasteiger partial charge in [0.1, 0.15) is 19.6 Å². The lowest BCUT2D eigenvalue weighted by Crippen LogP contribution is -2.29. The Bertz CT molecular complexity index is 266. The van der Waals surface area contributed by atoms with Gasteiger partial charge in [-0.3, -0.25) is 4.79 Å². The van der Waals surface area contributed by atoms with Crippen LogP contribution in [0, 0.1) is 11.8 Å². The van der Waals surface area contributed by atoms with Crippen LogP contribution in [0.15, 0.2) is 0 Å². The Kier molecular flexibility index (Phi) is 13.1. The first kappa shape index (κ1) is 20.7. The van der Waals surface area contributed by atoms with Gasteiger partial charge in [-0.05, 0) is 12.2 Å².